The van der Waals surface area contributed by atoms with E-state index in [1.54, 1.807) is 25.3 Å². The summed E-state index contributed by atoms with van der Waals surface area (Å²) in [5.41, 5.74) is 6.87. The average Bonchev–Trinajstić information content (AvgIpc) is 2.37. The third-order valence-electron chi connectivity index (χ3n) is 2.73. The minimum Gasteiger partial charge on any atom is -0.496 e. The van der Waals surface area contributed by atoms with Crippen LogP contribution in [0.2, 0.25) is 0 Å². The average molecular weight is 250 g/mol. The number of hydrogen-bond acceptors (Lipinski definition) is 3. The molecule has 0 heterocycles. The summed E-state index contributed by atoms with van der Waals surface area (Å²) in [5.74, 6) is 0.549. The maximum absolute atomic E-state index is 12.4. The summed E-state index contributed by atoms with van der Waals surface area (Å²) in [6.07, 6.45) is 1.89. The van der Waals surface area contributed by atoms with E-state index in [0.29, 0.717) is 17.0 Å². The van der Waals surface area contributed by atoms with Crippen molar-refractivity contribution in [3.8, 4) is 5.75 Å². The normalized spacial score (nSPS) is 10.2. The van der Waals surface area contributed by atoms with Crippen molar-refractivity contribution < 1.29 is 9.53 Å². The first kappa shape index (κ1) is 14.4. The van der Waals surface area contributed by atoms with Gasteiger partial charge in [-0.05, 0) is 25.0 Å². The van der Waals surface area contributed by atoms with E-state index in [1.165, 1.54) is 0 Å². The van der Waals surface area contributed by atoms with E-state index in [2.05, 4.69) is 13.8 Å². The molecule has 4 nitrogen and oxygen atoms in total. The second-order valence-corrected chi connectivity index (χ2v) is 4.25. The molecule has 1 amide bonds. The number of nitrogen functional groups attached to an aromatic ring is 1. The first-order valence-corrected chi connectivity index (χ1v) is 6.36. The van der Waals surface area contributed by atoms with Crippen molar-refractivity contribution in [1.82, 2.24) is 4.90 Å². The number of nitrogens with two attached hydrogens (primary N) is 1. The zero-order valence-electron chi connectivity index (χ0n) is 11.4. The molecule has 100 valence electrons. The SMILES string of the molecule is CCCN(CCC)C(=O)c1ccc(N)cc1OC. The van der Waals surface area contributed by atoms with Gasteiger partial charge in [-0.2, -0.15) is 0 Å². The van der Waals surface area contributed by atoms with Crippen molar-refractivity contribution >= 4 is 11.6 Å². The molecule has 1 aromatic carbocycles. The van der Waals surface area contributed by atoms with Gasteiger partial charge in [0.1, 0.15) is 5.75 Å². The number of ether oxygens (including phenoxy) is 1. The van der Waals surface area contributed by atoms with Gasteiger partial charge in [-0.15, -0.1) is 0 Å². The Morgan fingerprint density at radius 3 is 2.39 bits per heavy atom. The number of carbonyl (C=O) groups excluding carboxylic acids is 1. The molecule has 0 unspecified atom stereocenters. The van der Waals surface area contributed by atoms with Crippen LogP contribution in [-0.4, -0.2) is 31.0 Å². The molecule has 18 heavy (non-hydrogen) atoms. The number of nitrogens with zero attached hydrogens (tertiary/aromatic N) is 1. The van der Waals surface area contributed by atoms with Gasteiger partial charge in [0.2, 0.25) is 0 Å². The van der Waals surface area contributed by atoms with Gasteiger partial charge in [-0.25, -0.2) is 0 Å². The third kappa shape index (κ3) is 3.39. The van der Waals surface area contributed by atoms with Crippen LogP contribution in [0.1, 0.15) is 37.0 Å². The highest BCUT2D eigenvalue weighted by Crippen LogP contribution is 2.23. The maximum Gasteiger partial charge on any atom is 0.257 e. The van der Waals surface area contributed by atoms with Crippen molar-refractivity contribution in [2.75, 3.05) is 25.9 Å². The summed E-state index contributed by atoms with van der Waals surface area (Å²) in [4.78, 5) is 14.3. The standard InChI is InChI=1S/C14H22N2O2/c1-4-8-16(9-5-2)14(17)12-7-6-11(15)10-13(12)18-3/h6-7,10H,4-5,8-9,15H2,1-3H3. The highest BCUT2D eigenvalue weighted by atomic mass is 16.5. The van der Waals surface area contributed by atoms with Gasteiger partial charge in [0.15, 0.2) is 0 Å². The molecule has 0 aliphatic rings. The zero-order valence-corrected chi connectivity index (χ0v) is 11.4. The van der Waals surface area contributed by atoms with Gasteiger partial charge in [0.05, 0.1) is 12.7 Å². The Bertz CT molecular complexity index is 399. The molecular formula is C14H22N2O2. The van der Waals surface area contributed by atoms with Crippen LogP contribution in [0, 0.1) is 0 Å². The van der Waals surface area contributed by atoms with E-state index in [-0.39, 0.29) is 5.91 Å². The van der Waals surface area contributed by atoms with E-state index in [4.69, 9.17) is 10.5 Å². The Morgan fingerprint density at radius 2 is 1.89 bits per heavy atom. The molecule has 0 fully saturated rings. The van der Waals surface area contributed by atoms with Crippen molar-refractivity contribution in [2.24, 2.45) is 0 Å². The lowest BCUT2D eigenvalue weighted by molar-refractivity contribution is 0.0752. The second-order valence-electron chi connectivity index (χ2n) is 4.25. The first-order valence-electron chi connectivity index (χ1n) is 6.36. The van der Waals surface area contributed by atoms with Crippen molar-refractivity contribution in [2.45, 2.75) is 26.7 Å². The molecule has 0 aliphatic carbocycles. The number of benzene rings is 1. The number of amides is 1. The highest BCUT2D eigenvalue weighted by molar-refractivity contribution is 5.97. The summed E-state index contributed by atoms with van der Waals surface area (Å²) in [6.45, 7) is 5.66. The molecule has 0 aliphatic heterocycles. The van der Waals surface area contributed by atoms with Crippen molar-refractivity contribution in [3.63, 3.8) is 0 Å². The Labute approximate surface area is 109 Å². The largest absolute Gasteiger partial charge is 0.496 e. The van der Waals surface area contributed by atoms with E-state index in [0.717, 1.165) is 25.9 Å². The predicted molar refractivity (Wildman–Crippen MR) is 73.9 cm³/mol. The summed E-state index contributed by atoms with van der Waals surface area (Å²) in [6, 6.07) is 5.14. The van der Waals surface area contributed by atoms with E-state index in [9.17, 15) is 4.79 Å². The first-order chi connectivity index (χ1) is 8.63. The number of rotatable bonds is 6. The maximum atomic E-state index is 12.4. The number of carbonyl (C=O) groups is 1. The number of anilines is 1. The fraction of sp³-hybridized carbons (Fsp3) is 0.500. The molecule has 0 radical (unpaired) electrons. The van der Waals surface area contributed by atoms with Crippen LogP contribution in [0.3, 0.4) is 0 Å². The Morgan fingerprint density at radius 1 is 1.28 bits per heavy atom. The Balaban J connectivity index is 3.00. The topological polar surface area (TPSA) is 55.6 Å². The zero-order chi connectivity index (χ0) is 13.5. The van der Waals surface area contributed by atoms with Crippen molar-refractivity contribution in [3.05, 3.63) is 23.8 Å². The molecule has 4 heteroatoms. The van der Waals surface area contributed by atoms with Crippen LogP contribution in [0.4, 0.5) is 5.69 Å². The van der Waals surface area contributed by atoms with Crippen LogP contribution in [0.25, 0.3) is 0 Å². The lowest BCUT2D eigenvalue weighted by Crippen LogP contribution is -2.32. The van der Waals surface area contributed by atoms with E-state index >= 15 is 0 Å². The molecule has 1 aromatic rings. The fourth-order valence-corrected chi connectivity index (χ4v) is 1.91. The summed E-state index contributed by atoms with van der Waals surface area (Å²) >= 11 is 0. The van der Waals surface area contributed by atoms with E-state index < -0.39 is 0 Å². The smallest absolute Gasteiger partial charge is 0.257 e. The Hall–Kier alpha value is -1.71. The van der Waals surface area contributed by atoms with Crippen LogP contribution in [0.15, 0.2) is 18.2 Å². The predicted octanol–water partition coefficient (Wildman–Crippen LogP) is 2.54. The van der Waals surface area contributed by atoms with Gasteiger partial charge >= 0.3 is 0 Å². The second kappa shape index (κ2) is 6.89. The molecular weight excluding hydrogens is 228 g/mol. The van der Waals surface area contributed by atoms with Crippen molar-refractivity contribution in [1.29, 1.82) is 0 Å². The quantitative estimate of drug-likeness (QED) is 0.789. The number of hydrogen-bond donors (Lipinski definition) is 1. The fourth-order valence-electron chi connectivity index (χ4n) is 1.91. The summed E-state index contributed by atoms with van der Waals surface area (Å²) in [7, 11) is 1.55. The van der Waals surface area contributed by atoms with Crippen LogP contribution in [-0.2, 0) is 0 Å². The lowest BCUT2D eigenvalue weighted by atomic mass is 10.1. The minimum atomic E-state index is 0.00977. The molecule has 2 N–H and O–H groups in total. The molecule has 1 rings (SSSR count). The molecule has 0 aromatic heterocycles. The van der Waals surface area contributed by atoms with Gasteiger partial charge in [-0.1, -0.05) is 13.8 Å². The molecule has 0 bridgehead atoms. The van der Waals surface area contributed by atoms with Gasteiger partial charge in [0, 0.05) is 24.8 Å². The van der Waals surface area contributed by atoms with Gasteiger partial charge in [0.25, 0.3) is 5.91 Å². The minimum absolute atomic E-state index is 0.00977. The Kier molecular flexibility index (Phi) is 5.49. The van der Waals surface area contributed by atoms with Crippen LogP contribution < -0.4 is 10.5 Å². The summed E-state index contributed by atoms with van der Waals surface area (Å²) in [5, 5.41) is 0. The highest BCUT2D eigenvalue weighted by Gasteiger charge is 2.18. The number of methoxy groups -OCH3 is 1. The molecule has 0 saturated carbocycles. The van der Waals surface area contributed by atoms with Gasteiger partial charge < -0.3 is 15.4 Å². The monoisotopic (exact) mass is 250 g/mol. The molecule has 0 saturated heterocycles. The van der Waals surface area contributed by atoms with E-state index in [1.807, 2.05) is 4.90 Å². The lowest BCUT2D eigenvalue weighted by Gasteiger charge is -2.22. The third-order valence-corrected chi connectivity index (χ3v) is 2.73. The summed E-state index contributed by atoms with van der Waals surface area (Å²) < 4.78 is 5.23. The van der Waals surface area contributed by atoms with Crippen LogP contribution in [0.5, 0.6) is 5.75 Å². The molecule has 0 spiro atoms. The van der Waals surface area contributed by atoms with Gasteiger partial charge in [-0.3, -0.25) is 4.79 Å². The van der Waals surface area contributed by atoms with Crippen LogP contribution >= 0.6 is 0 Å². The molecule has 0 atom stereocenters.